The molecule has 0 aliphatic heterocycles. The maximum absolute atomic E-state index is 4.47. The second-order valence-electron chi connectivity index (χ2n) is 3.14. The highest BCUT2D eigenvalue weighted by Gasteiger charge is 2.00. The molecule has 0 aliphatic rings. The van der Waals surface area contributed by atoms with Crippen LogP contribution in [0.3, 0.4) is 0 Å². The zero-order chi connectivity index (χ0) is 9.68. The third kappa shape index (κ3) is 3.35. The first kappa shape index (κ1) is 10.5. The Morgan fingerprint density at radius 3 is 2.85 bits per heavy atom. The smallest absolute Gasteiger partial charge is 0.0619 e. The number of aryl methyl sites for hydroxylation is 3. The van der Waals surface area contributed by atoms with Crippen LogP contribution in [0.2, 0.25) is 0 Å². The summed E-state index contributed by atoms with van der Waals surface area (Å²) in [6.45, 7) is 4.02. The van der Waals surface area contributed by atoms with Gasteiger partial charge in [0.05, 0.1) is 17.1 Å². The quantitative estimate of drug-likeness (QED) is 0.691. The van der Waals surface area contributed by atoms with Crippen molar-refractivity contribution in [2.24, 2.45) is 0 Å². The summed E-state index contributed by atoms with van der Waals surface area (Å²) in [6, 6.07) is 0. The van der Waals surface area contributed by atoms with Crippen LogP contribution in [0.25, 0.3) is 0 Å². The molecule has 0 saturated heterocycles. The first-order chi connectivity index (χ1) is 6.24. The van der Waals surface area contributed by atoms with E-state index in [0.717, 1.165) is 23.5 Å². The summed E-state index contributed by atoms with van der Waals surface area (Å²) >= 11 is 1.88. The standard InChI is InChI=1S/C10H16N2S/c1-8-7-11-9(2)10(12-8)5-4-6-13-3/h7H,4-6H2,1-3H3. The van der Waals surface area contributed by atoms with E-state index in [1.54, 1.807) is 0 Å². The first-order valence-corrected chi connectivity index (χ1v) is 5.91. The zero-order valence-corrected chi connectivity index (χ0v) is 9.32. The fourth-order valence-electron chi connectivity index (χ4n) is 1.21. The Bertz CT molecular complexity index is 274. The van der Waals surface area contributed by atoms with Gasteiger partial charge in [-0.25, -0.2) is 0 Å². The van der Waals surface area contributed by atoms with E-state index < -0.39 is 0 Å². The molecule has 0 N–H and O–H groups in total. The van der Waals surface area contributed by atoms with Gasteiger partial charge < -0.3 is 0 Å². The van der Waals surface area contributed by atoms with Crippen LogP contribution in [-0.2, 0) is 6.42 Å². The third-order valence-corrected chi connectivity index (χ3v) is 2.63. The van der Waals surface area contributed by atoms with Gasteiger partial charge in [0.15, 0.2) is 0 Å². The monoisotopic (exact) mass is 196 g/mol. The highest BCUT2D eigenvalue weighted by atomic mass is 32.2. The summed E-state index contributed by atoms with van der Waals surface area (Å²) in [6.07, 6.45) is 6.21. The van der Waals surface area contributed by atoms with Crippen molar-refractivity contribution >= 4 is 11.8 Å². The summed E-state index contributed by atoms with van der Waals surface area (Å²) in [7, 11) is 0. The molecule has 1 heterocycles. The summed E-state index contributed by atoms with van der Waals surface area (Å²) in [5.74, 6) is 1.20. The summed E-state index contributed by atoms with van der Waals surface area (Å²) in [5.41, 5.74) is 3.26. The largest absolute Gasteiger partial charge is 0.258 e. The molecule has 0 aromatic carbocycles. The molecule has 0 fully saturated rings. The molecule has 13 heavy (non-hydrogen) atoms. The van der Waals surface area contributed by atoms with Crippen LogP contribution in [0.1, 0.15) is 23.5 Å². The second kappa shape index (κ2) is 5.22. The fraction of sp³-hybridized carbons (Fsp3) is 0.600. The lowest BCUT2D eigenvalue weighted by molar-refractivity contribution is 0.848. The van der Waals surface area contributed by atoms with Gasteiger partial charge in [0.2, 0.25) is 0 Å². The molecule has 72 valence electrons. The Morgan fingerprint density at radius 2 is 2.15 bits per heavy atom. The molecular weight excluding hydrogens is 180 g/mol. The fourth-order valence-corrected chi connectivity index (χ4v) is 1.64. The summed E-state index contributed by atoms with van der Waals surface area (Å²) in [4.78, 5) is 8.76. The molecular formula is C10H16N2S. The zero-order valence-electron chi connectivity index (χ0n) is 8.50. The van der Waals surface area contributed by atoms with E-state index in [1.165, 1.54) is 12.2 Å². The highest BCUT2D eigenvalue weighted by Crippen LogP contribution is 2.07. The normalized spacial score (nSPS) is 10.4. The van der Waals surface area contributed by atoms with Gasteiger partial charge in [0.1, 0.15) is 0 Å². The maximum Gasteiger partial charge on any atom is 0.0619 e. The van der Waals surface area contributed by atoms with Crippen LogP contribution in [0.4, 0.5) is 0 Å². The van der Waals surface area contributed by atoms with Crippen LogP contribution in [0.15, 0.2) is 6.20 Å². The topological polar surface area (TPSA) is 25.8 Å². The van der Waals surface area contributed by atoms with Crippen molar-refractivity contribution in [3.8, 4) is 0 Å². The van der Waals surface area contributed by atoms with E-state index in [2.05, 4.69) is 16.2 Å². The molecule has 0 radical (unpaired) electrons. The lowest BCUT2D eigenvalue weighted by Gasteiger charge is -2.03. The van der Waals surface area contributed by atoms with Crippen molar-refractivity contribution in [3.63, 3.8) is 0 Å². The number of hydrogen-bond donors (Lipinski definition) is 0. The average Bonchev–Trinajstić information content (AvgIpc) is 2.11. The van der Waals surface area contributed by atoms with Crippen molar-refractivity contribution in [2.75, 3.05) is 12.0 Å². The molecule has 0 bridgehead atoms. The van der Waals surface area contributed by atoms with Crippen molar-refractivity contribution < 1.29 is 0 Å². The molecule has 0 unspecified atom stereocenters. The minimum Gasteiger partial charge on any atom is -0.258 e. The highest BCUT2D eigenvalue weighted by molar-refractivity contribution is 7.98. The van der Waals surface area contributed by atoms with E-state index in [9.17, 15) is 0 Å². The first-order valence-electron chi connectivity index (χ1n) is 4.52. The van der Waals surface area contributed by atoms with Crippen molar-refractivity contribution in [3.05, 3.63) is 23.3 Å². The van der Waals surface area contributed by atoms with Gasteiger partial charge in [-0.15, -0.1) is 0 Å². The Balaban J connectivity index is 2.59. The Kier molecular flexibility index (Phi) is 4.22. The predicted molar refractivity (Wildman–Crippen MR) is 58.2 cm³/mol. The van der Waals surface area contributed by atoms with Gasteiger partial charge >= 0.3 is 0 Å². The number of hydrogen-bond acceptors (Lipinski definition) is 3. The van der Waals surface area contributed by atoms with Gasteiger partial charge in [-0.05, 0) is 38.7 Å². The molecule has 0 atom stereocenters. The van der Waals surface area contributed by atoms with Gasteiger partial charge in [0.25, 0.3) is 0 Å². The summed E-state index contributed by atoms with van der Waals surface area (Å²) in [5, 5.41) is 0. The van der Waals surface area contributed by atoms with E-state index in [-0.39, 0.29) is 0 Å². The maximum atomic E-state index is 4.47. The Hall–Kier alpha value is -0.570. The van der Waals surface area contributed by atoms with E-state index in [4.69, 9.17) is 0 Å². The summed E-state index contributed by atoms with van der Waals surface area (Å²) < 4.78 is 0. The Labute approximate surface area is 84.2 Å². The van der Waals surface area contributed by atoms with E-state index in [0.29, 0.717) is 0 Å². The van der Waals surface area contributed by atoms with Gasteiger partial charge in [-0.3, -0.25) is 9.97 Å². The molecule has 1 aromatic heterocycles. The number of aromatic nitrogens is 2. The molecule has 2 nitrogen and oxygen atoms in total. The van der Waals surface area contributed by atoms with Crippen molar-refractivity contribution in [2.45, 2.75) is 26.7 Å². The lowest BCUT2D eigenvalue weighted by atomic mass is 10.2. The van der Waals surface area contributed by atoms with Gasteiger partial charge in [-0.2, -0.15) is 11.8 Å². The van der Waals surface area contributed by atoms with Crippen LogP contribution in [0.5, 0.6) is 0 Å². The van der Waals surface area contributed by atoms with E-state index >= 15 is 0 Å². The second-order valence-corrected chi connectivity index (χ2v) is 4.13. The minimum atomic E-state index is 1.02. The van der Waals surface area contributed by atoms with Crippen molar-refractivity contribution in [1.82, 2.24) is 9.97 Å². The van der Waals surface area contributed by atoms with Crippen LogP contribution >= 0.6 is 11.8 Å². The predicted octanol–water partition coefficient (Wildman–Crippen LogP) is 2.39. The van der Waals surface area contributed by atoms with E-state index in [1.807, 2.05) is 31.8 Å². The number of nitrogens with zero attached hydrogens (tertiary/aromatic N) is 2. The molecule has 0 spiro atoms. The van der Waals surface area contributed by atoms with Crippen LogP contribution in [-0.4, -0.2) is 22.0 Å². The molecule has 1 aromatic rings. The molecule has 0 aliphatic carbocycles. The molecule has 3 heteroatoms. The third-order valence-electron chi connectivity index (χ3n) is 1.94. The van der Waals surface area contributed by atoms with Gasteiger partial charge in [-0.1, -0.05) is 0 Å². The van der Waals surface area contributed by atoms with Crippen molar-refractivity contribution in [1.29, 1.82) is 0 Å². The molecule has 0 saturated carbocycles. The lowest BCUT2D eigenvalue weighted by Crippen LogP contribution is -1.99. The Morgan fingerprint density at radius 1 is 1.38 bits per heavy atom. The SMILES string of the molecule is CSCCCc1nc(C)cnc1C. The number of thioether (sulfide) groups is 1. The average molecular weight is 196 g/mol. The number of rotatable bonds is 4. The van der Waals surface area contributed by atoms with Crippen LogP contribution in [0, 0.1) is 13.8 Å². The molecule has 1 rings (SSSR count). The minimum absolute atomic E-state index is 1.02. The van der Waals surface area contributed by atoms with Gasteiger partial charge in [0, 0.05) is 6.20 Å². The van der Waals surface area contributed by atoms with Crippen LogP contribution < -0.4 is 0 Å². The molecule has 0 amide bonds.